The van der Waals surface area contributed by atoms with Gasteiger partial charge in [0.05, 0.1) is 31.4 Å². The zero-order valence-electron chi connectivity index (χ0n) is 18.0. The number of thiophene rings is 1. The van der Waals surface area contributed by atoms with E-state index >= 15 is 0 Å². The normalized spacial score (nSPS) is 13.2. The first kappa shape index (κ1) is 22.4. The van der Waals surface area contributed by atoms with Crippen LogP contribution in [0.1, 0.15) is 30.2 Å². The Bertz CT molecular complexity index is 1450. The van der Waals surface area contributed by atoms with Crippen LogP contribution in [0.3, 0.4) is 0 Å². The van der Waals surface area contributed by atoms with Crippen molar-refractivity contribution < 1.29 is 19.7 Å². The molecule has 2 atom stereocenters. The number of ether oxygens (including phenoxy) is 1. The summed E-state index contributed by atoms with van der Waals surface area (Å²) < 4.78 is 7.22. The van der Waals surface area contributed by atoms with Gasteiger partial charge in [0.25, 0.3) is 5.56 Å². The Morgan fingerprint density at radius 3 is 2.52 bits per heavy atom. The number of aliphatic hydroxyl groups is 1. The van der Waals surface area contributed by atoms with E-state index in [0.717, 1.165) is 11.3 Å². The number of aryl methyl sites for hydroxylation is 1. The molecule has 0 radical (unpaired) electrons. The minimum absolute atomic E-state index is 0.173. The molecule has 12 heteroatoms. The number of carbonyl (C=O) groups is 1. The average Bonchev–Trinajstić information content (AvgIpc) is 3.44. The van der Waals surface area contributed by atoms with Crippen LogP contribution in [0.4, 0.5) is 0 Å². The summed E-state index contributed by atoms with van der Waals surface area (Å²) in [4.78, 5) is 39.9. The molecule has 0 spiro atoms. The first-order valence-electron chi connectivity index (χ1n) is 9.95. The minimum atomic E-state index is -1.41. The van der Waals surface area contributed by atoms with Gasteiger partial charge >= 0.3 is 11.7 Å². The van der Waals surface area contributed by atoms with Gasteiger partial charge < -0.3 is 14.9 Å². The molecule has 0 saturated heterocycles. The van der Waals surface area contributed by atoms with Crippen molar-refractivity contribution in [1.82, 2.24) is 24.1 Å². The van der Waals surface area contributed by atoms with E-state index in [-0.39, 0.29) is 16.8 Å². The number of hydrogen-bond acceptors (Lipinski definition) is 8. The van der Waals surface area contributed by atoms with E-state index < -0.39 is 29.4 Å². The Balaban J connectivity index is 1.99. The molecule has 33 heavy (non-hydrogen) atoms. The van der Waals surface area contributed by atoms with Gasteiger partial charge in [0, 0.05) is 11.1 Å². The van der Waals surface area contributed by atoms with Crippen LogP contribution in [0.2, 0.25) is 0 Å². The molecule has 0 aliphatic heterocycles. The molecular weight excluding hydrogens is 450 g/mol. The van der Waals surface area contributed by atoms with Gasteiger partial charge in [0.15, 0.2) is 0 Å². The van der Waals surface area contributed by atoms with Gasteiger partial charge in [-0.3, -0.25) is 9.36 Å². The van der Waals surface area contributed by atoms with E-state index in [9.17, 15) is 24.6 Å². The molecule has 0 saturated carbocycles. The van der Waals surface area contributed by atoms with Gasteiger partial charge in [-0.15, -0.1) is 4.80 Å². The van der Waals surface area contributed by atoms with Crippen LogP contribution >= 0.6 is 11.3 Å². The zero-order valence-corrected chi connectivity index (χ0v) is 18.8. The molecule has 0 aliphatic carbocycles. The molecule has 3 aromatic heterocycles. The lowest BCUT2D eigenvalue weighted by molar-refractivity contribution is -0.140. The third-order valence-electron chi connectivity index (χ3n) is 5.42. The van der Waals surface area contributed by atoms with Gasteiger partial charge in [-0.2, -0.15) is 10.2 Å². The molecule has 4 aromatic rings. The molecule has 2 N–H and O–H groups in total. The number of rotatable bonds is 7. The number of aromatic nitrogens is 5. The number of carboxylic acids is 1. The van der Waals surface area contributed by atoms with E-state index in [0.29, 0.717) is 26.4 Å². The highest BCUT2D eigenvalue weighted by Gasteiger charge is 2.27. The Hall–Kier alpha value is -3.77. The maximum absolute atomic E-state index is 13.4. The first-order chi connectivity index (χ1) is 15.8. The smallest absolute Gasteiger partial charge is 0.333 e. The Kier molecular flexibility index (Phi) is 5.87. The summed E-state index contributed by atoms with van der Waals surface area (Å²) in [7, 11) is 1.47. The summed E-state index contributed by atoms with van der Waals surface area (Å²) in [6.07, 6.45) is 1.79. The maximum atomic E-state index is 13.4. The zero-order chi connectivity index (χ0) is 23.9. The van der Waals surface area contributed by atoms with Gasteiger partial charge in [0.1, 0.15) is 27.7 Å². The lowest BCUT2D eigenvalue weighted by Gasteiger charge is -2.19. The fourth-order valence-electron chi connectivity index (χ4n) is 3.69. The van der Waals surface area contributed by atoms with Crippen molar-refractivity contribution in [2.24, 2.45) is 0 Å². The second-order valence-electron chi connectivity index (χ2n) is 7.37. The number of benzene rings is 1. The lowest BCUT2D eigenvalue weighted by Crippen LogP contribution is -2.44. The number of fused-ring (bicyclic) bond motifs is 1. The van der Waals surface area contributed by atoms with E-state index in [4.69, 9.17) is 4.74 Å². The largest absolute Gasteiger partial charge is 0.496 e. The first-order valence-corrected chi connectivity index (χ1v) is 10.8. The minimum Gasteiger partial charge on any atom is -0.496 e. The average molecular weight is 471 g/mol. The molecule has 0 bridgehead atoms. The molecule has 0 fully saturated rings. The van der Waals surface area contributed by atoms with Crippen molar-refractivity contribution in [3.05, 3.63) is 68.6 Å². The Morgan fingerprint density at radius 2 is 1.88 bits per heavy atom. The number of nitrogens with zero attached hydrogens (tertiary/aromatic N) is 5. The molecule has 172 valence electrons. The second-order valence-corrected chi connectivity index (χ2v) is 8.35. The van der Waals surface area contributed by atoms with Crippen LogP contribution in [0.5, 0.6) is 5.75 Å². The van der Waals surface area contributed by atoms with E-state index in [1.54, 1.807) is 31.2 Å². The number of para-hydroxylation sites is 1. The molecule has 0 amide bonds. The van der Waals surface area contributed by atoms with E-state index in [1.165, 1.54) is 35.8 Å². The molecule has 0 aliphatic rings. The third kappa shape index (κ3) is 3.72. The standard InChI is InChI=1S/C21H21N5O6S/c1-11-16-17(28)25(12(2)20(29)30)21(31)24(19(16)33-18(11)26-22-8-9-23-26)10-14(27)13-6-4-5-7-15(13)32-3/h4-9,12,14,27H,10H2,1-3H3,(H,29,30)/t12?,14-/m0/s1. The fourth-order valence-corrected chi connectivity index (χ4v) is 4.91. The van der Waals surface area contributed by atoms with Crippen LogP contribution in [-0.2, 0) is 11.3 Å². The molecule has 11 nitrogen and oxygen atoms in total. The SMILES string of the molecule is COc1ccccc1[C@@H](O)Cn1c(=O)n(C(C)C(=O)O)c(=O)c2c(C)c(-n3nccn3)sc21. The number of hydrogen-bond donors (Lipinski definition) is 2. The van der Waals surface area contributed by atoms with Crippen LogP contribution in [-0.4, -0.2) is 47.4 Å². The third-order valence-corrected chi connectivity index (χ3v) is 6.70. The van der Waals surface area contributed by atoms with Gasteiger partial charge in [0.2, 0.25) is 0 Å². The highest BCUT2D eigenvalue weighted by Crippen LogP contribution is 2.32. The van der Waals surface area contributed by atoms with Gasteiger partial charge in [-0.1, -0.05) is 29.5 Å². The van der Waals surface area contributed by atoms with E-state index in [2.05, 4.69) is 10.2 Å². The number of methoxy groups -OCH3 is 1. The second kappa shape index (κ2) is 8.64. The Labute approximate surface area is 190 Å². The quantitative estimate of drug-likeness (QED) is 0.413. The summed E-state index contributed by atoms with van der Waals surface area (Å²) >= 11 is 1.11. The van der Waals surface area contributed by atoms with Crippen LogP contribution in [0.15, 0.2) is 46.2 Å². The maximum Gasteiger partial charge on any atom is 0.333 e. The Morgan fingerprint density at radius 1 is 1.21 bits per heavy atom. The summed E-state index contributed by atoms with van der Waals surface area (Å²) in [5.41, 5.74) is -0.605. The topological polar surface area (TPSA) is 141 Å². The molecule has 1 aromatic carbocycles. The number of aliphatic carboxylic acids is 1. The van der Waals surface area contributed by atoms with Crippen molar-refractivity contribution in [2.75, 3.05) is 7.11 Å². The van der Waals surface area contributed by atoms with Gasteiger partial charge in [-0.25, -0.2) is 14.2 Å². The fraction of sp³-hybridized carbons (Fsp3) is 0.286. The van der Waals surface area contributed by atoms with Crippen LogP contribution in [0, 0.1) is 6.92 Å². The molecule has 4 rings (SSSR count). The van der Waals surface area contributed by atoms with Gasteiger partial charge in [-0.05, 0) is 19.9 Å². The highest BCUT2D eigenvalue weighted by atomic mass is 32.1. The van der Waals surface area contributed by atoms with Crippen molar-refractivity contribution in [3.63, 3.8) is 0 Å². The number of aliphatic hydroxyl groups excluding tert-OH is 1. The summed E-state index contributed by atoms with van der Waals surface area (Å²) in [6, 6.07) is 5.42. The van der Waals surface area contributed by atoms with Crippen molar-refractivity contribution in [1.29, 1.82) is 0 Å². The van der Waals surface area contributed by atoms with Crippen molar-refractivity contribution >= 4 is 27.5 Å². The highest BCUT2D eigenvalue weighted by molar-refractivity contribution is 7.21. The van der Waals surface area contributed by atoms with Crippen LogP contribution in [0.25, 0.3) is 15.2 Å². The van der Waals surface area contributed by atoms with Crippen molar-refractivity contribution in [3.8, 4) is 10.8 Å². The lowest BCUT2D eigenvalue weighted by atomic mass is 10.1. The predicted molar refractivity (Wildman–Crippen MR) is 120 cm³/mol. The summed E-state index contributed by atoms with van der Waals surface area (Å²) in [6.45, 7) is 2.71. The van der Waals surface area contributed by atoms with E-state index in [1.807, 2.05) is 0 Å². The number of carboxylic acid groups (broad SMARTS) is 1. The molecular formula is C21H21N5O6S. The molecule has 1 unspecified atom stereocenters. The molecule has 3 heterocycles. The monoisotopic (exact) mass is 471 g/mol. The predicted octanol–water partition coefficient (Wildman–Crippen LogP) is 1.50. The summed E-state index contributed by atoms with van der Waals surface area (Å²) in [5, 5.41) is 29.4. The van der Waals surface area contributed by atoms with Crippen molar-refractivity contribution in [2.45, 2.75) is 32.5 Å². The van der Waals surface area contributed by atoms with Crippen LogP contribution < -0.4 is 16.0 Å². The summed E-state index contributed by atoms with van der Waals surface area (Å²) in [5.74, 6) is -0.891.